The van der Waals surface area contributed by atoms with Crippen molar-refractivity contribution in [2.75, 3.05) is 73.1 Å². The molecular weight excluding hydrogens is 1690 g/mol. The molecule has 2 saturated heterocycles. The minimum Gasteiger partial charge on any atom is -0.481 e. The highest BCUT2D eigenvalue weighted by molar-refractivity contribution is 8.13. The third-order valence-corrected chi connectivity index (χ3v) is 31.3. The van der Waals surface area contributed by atoms with Crippen molar-refractivity contribution in [3.63, 3.8) is 0 Å². The Hall–Kier alpha value is -9.37. The van der Waals surface area contributed by atoms with Crippen LogP contribution >= 0.6 is 105 Å². The fraction of sp³-hybridized carbons (Fsp3) is 0.474. The van der Waals surface area contributed by atoms with Crippen molar-refractivity contribution in [2.24, 2.45) is 34.6 Å². The second-order valence-corrected chi connectivity index (χ2v) is 37.7. The monoisotopic (exact) mass is 1760 g/mol. The summed E-state index contributed by atoms with van der Waals surface area (Å²) in [5.41, 5.74) is 10.7. The molecule has 118 heavy (non-hydrogen) atoms. The number of rotatable bonds is 5. The second kappa shape index (κ2) is 32.3. The van der Waals surface area contributed by atoms with Gasteiger partial charge in [-0.1, -0.05) is 36.7 Å². The van der Waals surface area contributed by atoms with E-state index in [9.17, 15) is 33.9 Å². The van der Waals surface area contributed by atoms with Gasteiger partial charge in [0.2, 0.25) is 11.8 Å². The van der Waals surface area contributed by atoms with Crippen LogP contribution in [0.1, 0.15) is 143 Å². The lowest BCUT2D eigenvalue weighted by atomic mass is 10.0. The molecule has 5 N–H and O–H groups in total. The maximum absolute atomic E-state index is 13.0. The van der Waals surface area contributed by atoms with E-state index in [1.807, 2.05) is 53.6 Å². The van der Waals surface area contributed by atoms with Crippen molar-refractivity contribution in [1.29, 1.82) is 0 Å². The number of aromatic nitrogens is 15. The first kappa shape index (κ1) is 79.7. The van der Waals surface area contributed by atoms with Crippen molar-refractivity contribution in [3.05, 3.63) is 138 Å². The molecule has 0 bridgehead atoms. The smallest absolute Gasteiger partial charge is 0.309 e. The molecule has 0 spiro atoms. The van der Waals surface area contributed by atoms with Crippen LogP contribution in [-0.4, -0.2) is 217 Å². The number of carbonyl (C=O) groups is 6. The van der Waals surface area contributed by atoms with E-state index in [-0.39, 0.29) is 59.2 Å². The standard InChI is InChI=1S/C18H21N5O2S2.C17H19N5O2S2.C14H14N4O3S.C14H14N4O2S2.C13H12N4O2S2/c1-10-20-21-14-9-19-16(26-2)15-12-7-11(8-13(12)27-18(15)23(10)14)17(24)22-3-5-25-6-4-22;1-9-19-20-13-8-18-15(25)14-11-6-10(7-12(11)26-17(14)22(9)13)16(23)21-2-4-24-5-3-21;1-6-16-17-10-5-15-12(19)11-8-3-7(14(20)21-2)4-9(8)22-13(11)18(6)10;1-6-16-17-10-5-15-12(21)11-8-3-7(14(19)20-2)4-9(8)22-13(11)18(6)10;1-5-15-16-9-4-14-11(20)10-7-2-6(13(18)19)3-8(7)21-12(10)17(5)9/h11H,3-9H2,1-2H3;10H,2-8H2,1H3,(H,18,25);7H,3-5H2,1-2H3,(H,15,19);7H,3-5H2,1-2H3,(H,15,21);6H,2-4H2,1H3,(H,14,20)(H,18,19). The largest absolute Gasteiger partial charge is 0.481 e. The molecular formula is C76H80N22O11S9. The Labute approximate surface area is 715 Å². The van der Waals surface area contributed by atoms with Gasteiger partial charge in [-0.05, 0) is 133 Å². The van der Waals surface area contributed by atoms with Crippen LogP contribution in [-0.2, 0) is 140 Å². The van der Waals surface area contributed by atoms with E-state index < -0.39 is 5.97 Å². The molecule has 5 aliphatic carbocycles. The Bertz CT molecular complexity index is 5760. The summed E-state index contributed by atoms with van der Waals surface area (Å²) in [5, 5.41) is 70.0. The van der Waals surface area contributed by atoms with Crippen LogP contribution in [0.3, 0.4) is 0 Å². The van der Waals surface area contributed by atoms with Gasteiger partial charge in [-0.3, -0.25) is 56.6 Å². The van der Waals surface area contributed by atoms with Crippen LogP contribution in [0.2, 0.25) is 0 Å². The van der Waals surface area contributed by atoms with Gasteiger partial charge < -0.3 is 55.1 Å². The summed E-state index contributed by atoms with van der Waals surface area (Å²) in [6.07, 6.45) is 8.96. The average Bonchev–Trinajstić information content (AvgIpc) is 1.61. The Balaban J connectivity index is 0.000000102. The molecule has 0 aromatic carbocycles. The SMILES string of the molecule is COC(=O)C1Cc2sc3c(c2C1)C(=O)NCc1nnc(C)n1-3.COC(=O)C1Cc2sc3c(c2C1)C(=S)NCc1nnc(C)n1-3.CSC1=NCc2nnc(C)n2-c2sc3c(c21)CC(C(=O)N1CCOCC1)C3.Cc1nnc2n1-c1sc3c(c1C(=S)NC2)CC(C(=O)N1CCOCC1)C3.Cc1nnc2n1-c1sc3c(c1C(=S)NC2)CC(C(=O)O)C3. The number of ether oxygens (including phenoxy) is 4. The third-order valence-electron chi connectivity index (χ3n) is 23.3. The number of thioether (sulfide) groups is 1. The zero-order valence-electron chi connectivity index (χ0n) is 65.4. The van der Waals surface area contributed by atoms with Gasteiger partial charge in [0.15, 0.2) is 29.1 Å². The molecule has 614 valence electrons. The number of nitrogens with one attached hydrogen (secondary N) is 4. The van der Waals surface area contributed by atoms with Crippen LogP contribution < -0.4 is 21.3 Å². The molecule has 0 radical (unpaired) electrons. The summed E-state index contributed by atoms with van der Waals surface area (Å²) in [4.78, 5) is 90.0. The van der Waals surface area contributed by atoms with E-state index in [4.69, 9.17) is 60.6 Å². The van der Waals surface area contributed by atoms with Crippen LogP contribution in [0.4, 0.5) is 0 Å². The first-order chi connectivity index (χ1) is 57.1. The minimum absolute atomic E-state index is 0.0205. The Morgan fingerprint density at radius 1 is 0.415 bits per heavy atom. The van der Waals surface area contributed by atoms with Gasteiger partial charge in [-0.25, -0.2) is 0 Å². The number of aliphatic imine (C=N–C) groups is 1. The Morgan fingerprint density at radius 2 is 0.712 bits per heavy atom. The van der Waals surface area contributed by atoms with Gasteiger partial charge in [0, 0.05) is 84.7 Å². The van der Waals surface area contributed by atoms with E-state index in [2.05, 4.69) is 92.2 Å². The number of hydrogen-bond donors (Lipinski definition) is 5. The molecule has 2 fully saturated rings. The third kappa shape index (κ3) is 14.1. The lowest BCUT2D eigenvalue weighted by Gasteiger charge is -2.29. The number of aryl methyl sites for hydroxylation is 5. The zero-order chi connectivity index (χ0) is 82.0. The van der Waals surface area contributed by atoms with Crippen molar-refractivity contribution in [1.82, 2.24) is 105 Å². The lowest BCUT2D eigenvalue weighted by Crippen LogP contribution is -2.44. The number of carboxylic acid groups (broad SMARTS) is 1. The number of thiocarbonyl (C=S) groups is 3. The van der Waals surface area contributed by atoms with Crippen molar-refractivity contribution in [3.8, 4) is 25.0 Å². The highest BCUT2D eigenvalue weighted by Crippen LogP contribution is 2.48. The Kier molecular flexibility index (Phi) is 21.8. The number of carboxylic acids is 1. The summed E-state index contributed by atoms with van der Waals surface area (Å²) in [6.45, 7) is 17.7. The van der Waals surface area contributed by atoms with Gasteiger partial charge in [0.05, 0.1) is 90.1 Å². The number of fused-ring (bicyclic) bond motifs is 25. The normalized spacial score (nSPS) is 20.2. The quantitative estimate of drug-likeness (QED) is 0.0958. The summed E-state index contributed by atoms with van der Waals surface area (Å²) in [5.74, 6) is 7.17. The second-order valence-electron chi connectivity index (χ2n) is 30.3. The summed E-state index contributed by atoms with van der Waals surface area (Å²) in [6, 6.07) is 0. The number of methoxy groups -OCH3 is 2. The molecule has 12 aliphatic rings. The predicted octanol–water partition coefficient (Wildman–Crippen LogP) is 6.11. The maximum atomic E-state index is 13.0. The van der Waals surface area contributed by atoms with Gasteiger partial charge >= 0.3 is 17.9 Å². The Morgan fingerprint density at radius 3 is 1.08 bits per heavy atom. The van der Waals surface area contributed by atoms with E-state index >= 15 is 0 Å². The fourth-order valence-electron chi connectivity index (χ4n) is 17.6. The molecule has 17 heterocycles. The zero-order valence-corrected chi connectivity index (χ0v) is 72.8. The van der Waals surface area contributed by atoms with Crippen LogP contribution in [0.5, 0.6) is 0 Å². The van der Waals surface area contributed by atoms with E-state index in [0.29, 0.717) is 128 Å². The molecule has 0 saturated carbocycles. The predicted molar refractivity (Wildman–Crippen MR) is 451 cm³/mol. The van der Waals surface area contributed by atoms with Crippen molar-refractivity contribution < 1.29 is 52.8 Å². The molecule has 10 aromatic rings. The van der Waals surface area contributed by atoms with E-state index in [1.165, 1.54) is 56.1 Å². The van der Waals surface area contributed by atoms with Gasteiger partial charge in [0.1, 0.15) is 80.7 Å². The fourth-order valence-corrected chi connectivity index (χ4v) is 26.8. The van der Waals surface area contributed by atoms with E-state index in [1.54, 1.807) is 68.4 Å². The first-order valence-corrected chi connectivity index (χ1v) is 45.2. The van der Waals surface area contributed by atoms with Crippen molar-refractivity contribution >= 4 is 161 Å². The maximum Gasteiger partial charge on any atom is 0.309 e. The van der Waals surface area contributed by atoms with Crippen LogP contribution in [0.15, 0.2) is 4.99 Å². The number of morpholine rings is 2. The summed E-state index contributed by atoms with van der Waals surface area (Å²) in [7, 11) is 2.84. The number of carbonyl (C=O) groups excluding carboxylic acids is 5. The molecule has 22 rings (SSSR count). The van der Waals surface area contributed by atoms with Gasteiger partial charge in [0.25, 0.3) is 5.91 Å². The molecule has 33 nitrogen and oxygen atoms in total. The molecule has 5 atom stereocenters. The number of aliphatic carboxylic acids is 1. The topological polar surface area (TPSA) is 380 Å². The van der Waals surface area contributed by atoms with Crippen molar-refractivity contribution in [2.45, 2.75) is 132 Å². The summed E-state index contributed by atoms with van der Waals surface area (Å²) >= 11 is 26.7. The number of amides is 3. The number of hydrogen-bond acceptors (Lipinski definition) is 30. The number of nitrogens with zero attached hydrogens (tertiary/aromatic N) is 18. The molecule has 10 aromatic heterocycles. The average molecular weight is 1770 g/mol. The molecule has 7 aliphatic heterocycles. The number of esters is 2. The highest BCUT2D eigenvalue weighted by Gasteiger charge is 2.44. The van der Waals surface area contributed by atoms with Crippen LogP contribution in [0, 0.1) is 64.2 Å². The molecule has 5 unspecified atom stereocenters. The van der Waals surface area contributed by atoms with E-state index in [0.717, 1.165) is 163 Å². The highest BCUT2D eigenvalue weighted by atomic mass is 32.2. The van der Waals surface area contributed by atoms with Gasteiger partial charge in [-0.2, -0.15) is 0 Å². The van der Waals surface area contributed by atoms with Gasteiger partial charge in [-0.15, -0.1) is 119 Å². The molecule has 42 heteroatoms. The summed E-state index contributed by atoms with van der Waals surface area (Å²) < 4.78 is 30.7. The lowest BCUT2D eigenvalue weighted by molar-refractivity contribution is -0.145. The molecule has 3 amide bonds. The minimum atomic E-state index is -0.735. The first-order valence-electron chi connectivity index (χ1n) is 38.7. The number of thiophene rings is 5. The van der Waals surface area contributed by atoms with Crippen LogP contribution in [0.25, 0.3) is 25.0 Å².